The average Bonchev–Trinajstić information content (AvgIpc) is 1.66. The molecule has 5 aliphatic carbocycles. The summed E-state index contributed by atoms with van der Waals surface area (Å²) in [5.74, 6) is 8.89. The number of phenolic OH excluding ortho intramolecular Hbond substituents is 6. The van der Waals surface area contributed by atoms with Crippen molar-refractivity contribution in [3.8, 4) is 78.0 Å². The molecule has 0 spiro atoms. The van der Waals surface area contributed by atoms with Gasteiger partial charge in [-0.3, -0.25) is 0 Å². The molecule has 4 heterocycles. The molecular weight excluding hydrogens is 1780 g/mol. The number of hydrogen-bond donors (Lipinski definition) is 6. The molecule has 6 aromatic carbocycles. The number of benzene rings is 6. The van der Waals surface area contributed by atoms with Crippen molar-refractivity contribution in [2.24, 2.45) is 0 Å². The Morgan fingerprint density at radius 3 is 0.720 bits per heavy atom. The van der Waals surface area contributed by atoms with Gasteiger partial charge in [-0.15, -0.1) is 22.7 Å². The van der Waals surface area contributed by atoms with Gasteiger partial charge in [-0.1, -0.05) is 311 Å². The zero-order chi connectivity index (χ0) is 94.5. The number of furan rings is 2. The Hall–Kier alpha value is -6.86. The molecule has 0 bridgehead atoms. The van der Waals surface area contributed by atoms with Crippen molar-refractivity contribution in [3.63, 3.8) is 0 Å². The number of thiophene rings is 2. The standard InChI is InChI=1S/C40H52O2S2.C38H48O4S2.C38H48O2S4/c1-39(2,3)31-21-29(37(41)33(23-31)27-15-11-12-16-27)25-43-35-19-9-7-8-10-20-36(35)44-26-30-22-32(40(4,5)6)24-34(38(30)42)28-17-13-14-18-28;1-37(2,3)27-19-25(35(39)29(21-27)31-13-11-17-41-31)23-43-33-15-9-7-8-10-16-34(33)44-24-26-20-28(38(4,5)6)22-30(36(26)40)32-14-12-18-42-32;1-37(2,3)27-19-25(35(39)29(21-27)31-15-11-17-41-31)23-43-33-13-9-7-8-10-14-34(33)44-24-26-20-28(38(4,5)6)22-30(36(26)40)32-16-12-18-42-32/h11-18,21-24,27-28,35-36,41-42H,7-10,19-20,25-26H2,1-6H3;11-14,17-22,33-34,39-40H,7-10,15-16,23-24H2,1-6H3;11-12,15-22,33-34,39-40H,7-10,13-14,23-24H2,1-6H3. The zero-order valence-electron chi connectivity index (χ0n) is 81.8. The van der Waals surface area contributed by atoms with E-state index in [1.165, 1.54) is 149 Å². The second kappa shape index (κ2) is 45.6. The number of aromatic hydroxyl groups is 6. The minimum atomic E-state index is -0.0504. The van der Waals surface area contributed by atoms with E-state index in [0.29, 0.717) is 77.5 Å². The van der Waals surface area contributed by atoms with E-state index < -0.39 is 0 Å². The van der Waals surface area contributed by atoms with Crippen molar-refractivity contribution in [1.82, 2.24) is 0 Å². The highest BCUT2D eigenvalue weighted by Gasteiger charge is 2.35. The number of phenols is 6. The predicted octanol–water partition coefficient (Wildman–Crippen LogP) is 35.2. The Bertz CT molecular complexity index is 4930. The van der Waals surface area contributed by atoms with Gasteiger partial charge in [0.2, 0.25) is 0 Å². The van der Waals surface area contributed by atoms with E-state index in [0.717, 1.165) is 111 Å². The molecule has 0 aliphatic heterocycles. The van der Waals surface area contributed by atoms with Crippen LogP contribution in [0.1, 0.15) is 330 Å². The molecule has 6 N–H and O–H groups in total. The van der Waals surface area contributed by atoms with E-state index in [-0.39, 0.29) is 44.3 Å². The van der Waals surface area contributed by atoms with Gasteiger partial charge in [-0.25, -0.2) is 0 Å². The average molecular weight is 1930 g/mol. The summed E-state index contributed by atoms with van der Waals surface area (Å²) in [6.07, 6.45) is 42.8. The molecule has 15 rings (SSSR count). The van der Waals surface area contributed by atoms with Gasteiger partial charge in [-0.2, -0.15) is 70.6 Å². The van der Waals surface area contributed by atoms with Crippen LogP contribution < -0.4 is 0 Å². The molecule has 0 radical (unpaired) electrons. The SMILES string of the molecule is CC(C)(C)c1cc(CSC2CCCCCCC2SCc2cc(C(C)(C)C)cc(-c3ccco3)c2O)c(O)c(-c2ccco2)c1.CC(C)(C)c1cc(CSC2CCCCCCC2SCc2cc(C(C)(C)C)cc(-c3cccs3)c2O)c(O)c(-c2cccs2)c1.CC(C)(C)c1cc(CSC2CCCCCCC2SCc2cc(C(C)(C)C)cc(C3C=CC=C3)c2O)c(O)c(C2C=CC=C2)c1. The summed E-state index contributed by atoms with van der Waals surface area (Å²) in [4.78, 5) is 2.25. The highest BCUT2D eigenvalue weighted by Crippen LogP contribution is 2.52. The first kappa shape index (κ1) is 103. The van der Waals surface area contributed by atoms with Gasteiger partial charge in [0.15, 0.2) is 0 Å². The molecule has 10 aromatic rings. The Morgan fingerprint density at radius 2 is 0.500 bits per heavy atom. The minimum Gasteiger partial charge on any atom is -0.507 e. The van der Waals surface area contributed by atoms with Gasteiger partial charge in [-0.05, 0) is 176 Å². The lowest BCUT2D eigenvalue weighted by atomic mass is 9.83. The van der Waals surface area contributed by atoms with E-state index >= 15 is 0 Å². The summed E-state index contributed by atoms with van der Waals surface area (Å²) < 4.78 is 11.4. The molecule has 4 aromatic heterocycles. The van der Waals surface area contributed by atoms with Crippen molar-refractivity contribution in [2.75, 3.05) is 0 Å². The normalized spacial score (nSPS) is 19.3. The molecule has 0 amide bonds. The van der Waals surface area contributed by atoms with Gasteiger partial charge in [0.25, 0.3) is 0 Å². The highest BCUT2D eigenvalue weighted by molar-refractivity contribution is 8.04. The Balaban J connectivity index is 0.000000168. The van der Waals surface area contributed by atoms with Crippen LogP contribution in [0.3, 0.4) is 0 Å². The molecule has 3 fully saturated rings. The lowest BCUT2D eigenvalue weighted by Gasteiger charge is -2.30. The van der Waals surface area contributed by atoms with Crippen molar-refractivity contribution >= 4 is 93.2 Å². The molecule has 16 heteroatoms. The predicted molar refractivity (Wildman–Crippen MR) is 579 cm³/mol. The van der Waals surface area contributed by atoms with Crippen molar-refractivity contribution in [2.45, 2.75) is 351 Å². The van der Waals surface area contributed by atoms with Gasteiger partial charge in [0.05, 0.1) is 23.7 Å². The first-order valence-electron chi connectivity index (χ1n) is 48.5. The highest BCUT2D eigenvalue weighted by atomic mass is 32.2. The number of hydrogen-bond acceptors (Lipinski definition) is 16. The summed E-state index contributed by atoms with van der Waals surface area (Å²) >= 11 is 15.5. The Kier molecular flexibility index (Phi) is 35.4. The maximum atomic E-state index is 11.5. The number of rotatable bonds is 24. The summed E-state index contributed by atoms with van der Waals surface area (Å²) in [6, 6.07) is 42.2. The van der Waals surface area contributed by atoms with E-state index in [1.807, 2.05) is 94.8 Å². The Morgan fingerprint density at radius 1 is 0.273 bits per heavy atom. The zero-order valence-corrected chi connectivity index (χ0v) is 88.4. The van der Waals surface area contributed by atoms with E-state index in [9.17, 15) is 30.6 Å². The van der Waals surface area contributed by atoms with Crippen LogP contribution in [-0.2, 0) is 67.0 Å². The van der Waals surface area contributed by atoms with Crippen LogP contribution in [-0.4, -0.2) is 62.1 Å². The summed E-state index contributed by atoms with van der Waals surface area (Å²) in [5.41, 5.74) is 19.1. The lowest BCUT2D eigenvalue weighted by Crippen LogP contribution is -2.22. The monoisotopic (exact) mass is 1920 g/mol. The third-order valence-corrected chi connectivity index (χ3v) is 38.0. The van der Waals surface area contributed by atoms with Gasteiger partial charge < -0.3 is 39.5 Å². The van der Waals surface area contributed by atoms with Crippen LogP contribution in [0.2, 0.25) is 0 Å². The van der Waals surface area contributed by atoms with E-state index in [4.69, 9.17) is 8.83 Å². The van der Waals surface area contributed by atoms with Crippen LogP contribution in [0.25, 0.3) is 43.5 Å². The first-order chi connectivity index (χ1) is 62.7. The van der Waals surface area contributed by atoms with Crippen molar-refractivity contribution in [3.05, 3.63) is 271 Å². The molecule has 708 valence electrons. The molecule has 6 atom stereocenters. The molecule has 3 saturated carbocycles. The fourth-order valence-corrected chi connectivity index (χ4v) is 29.0. The van der Waals surface area contributed by atoms with Crippen molar-refractivity contribution in [1.29, 1.82) is 0 Å². The molecule has 5 aliphatic rings. The number of thioether (sulfide) groups is 6. The minimum absolute atomic E-state index is 0.00328. The fraction of sp³-hybridized carbons (Fsp3) is 0.483. The topological polar surface area (TPSA) is 148 Å². The fourth-order valence-electron chi connectivity index (χ4n) is 18.3. The van der Waals surface area contributed by atoms with Crippen molar-refractivity contribution < 1.29 is 39.5 Å². The largest absolute Gasteiger partial charge is 0.507 e. The van der Waals surface area contributed by atoms with E-state index in [1.54, 1.807) is 35.2 Å². The van der Waals surface area contributed by atoms with Crippen LogP contribution in [0.15, 0.2) is 202 Å². The lowest BCUT2D eigenvalue weighted by molar-refractivity contribution is 0.461. The molecule has 8 nitrogen and oxygen atoms in total. The molecular formula is C116H148O8S8. The molecule has 6 unspecified atom stereocenters. The number of allylic oxidation sites excluding steroid dienone is 8. The van der Waals surface area contributed by atoms with Crippen LogP contribution in [0.4, 0.5) is 0 Å². The van der Waals surface area contributed by atoms with Gasteiger partial charge in [0, 0.05) is 143 Å². The maximum Gasteiger partial charge on any atom is 0.137 e. The van der Waals surface area contributed by atoms with E-state index in [2.05, 4.69) is 281 Å². The molecule has 132 heavy (non-hydrogen) atoms. The summed E-state index contributed by atoms with van der Waals surface area (Å²) in [7, 11) is 0. The second-order valence-electron chi connectivity index (χ2n) is 43.3. The maximum absolute atomic E-state index is 11.5. The smallest absolute Gasteiger partial charge is 0.137 e. The summed E-state index contributed by atoms with van der Waals surface area (Å²) in [5, 5.41) is 75.9. The summed E-state index contributed by atoms with van der Waals surface area (Å²) in [6.45, 7) is 40.4. The van der Waals surface area contributed by atoms with Crippen LogP contribution >= 0.6 is 93.2 Å². The van der Waals surface area contributed by atoms with Gasteiger partial charge >= 0.3 is 0 Å². The first-order valence-corrected chi connectivity index (χ1v) is 56.5. The second-order valence-corrected chi connectivity index (χ2v) is 52.6. The third-order valence-electron chi connectivity index (χ3n) is 26.9. The quantitative estimate of drug-likeness (QED) is 0.0341. The third kappa shape index (κ3) is 27.1. The van der Waals surface area contributed by atoms with Gasteiger partial charge in [0.1, 0.15) is 46.0 Å². The Labute approximate surface area is 825 Å². The van der Waals surface area contributed by atoms with Crippen LogP contribution in [0.5, 0.6) is 34.5 Å². The molecule has 0 saturated heterocycles. The van der Waals surface area contributed by atoms with Crippen LogP contribution in [0, 0.1) is 0 Å².